The number of nitrogens with one attached hydrogen (secondary N) is 2. The number of aliphatic hydroxyl groups excluding tert-OH is 1. The molecule has 4 rings (SSSR count). The van der Waals surface area contributed by atoms with Crippen LogP contribution in [0.1, 0.15) is 69.4 Å². The Balaban J connectivity index is 1.02. The van der Waals surface area contributed by atoms with Crippen molar-refractivity contribution in [3.8, 4) is 17.2 Å². The summed E-state index contributed by atoms with van der Waals surface area (Å²) < 4.78 is 17.8. The summed E-state index contributed by atoms with van der Waals surface area (Å²) in [5, 5.41) is 16.7. The van der Waals surface area contributed by atoms with Crippen LogP contribution < -0.4 is 24.8 Å². The van der Waals surface area contributed by atoms with Gasteiger partial charge in [0.2, 0.25) is 0 Å². The maximum atomic E-state index is 12.5. The van der Waals surface area contributed by atoms with E-state index in [0.717, 1.165) is 68.9 Å². The number of nitrogens with zero attached hydrogens (tertiary/aromatic N) is 1. The van der Waals surface area contributed by atoms with Crippen LogP contribution in [-0.4, -0.2) is 67.6 Å². The number of carbonyl (C=O) groups is 1. The van der Waals surface area contributed by atoms with Crippen LogP contribution in [0, 0.1) is 0 Å². The van der Waals surface area contributed by atoms with Gasteiger partial charge in [0, 0.05) is 39.0 Å². The predicted octanol–water partition coefficient (Wildman–Crippen LogP) is 6.75. The average molecular weight is 632 g/mol. The number of amides is 2. The smallest absolute Gasteiger partial charge is 0.317 e. The van der Waals surface area contributed by atoms with Crippen molar-refractivity contribution in [2.45, 2.75) is 83.5 Å². The molecule has 46 heavy (non-hydrogen) atoms. The minimum absolute atomic E-state index is 0.0561. The van der Waals surface area contributed by atoms with Gasteiger partial charge in [-0.2, -0.15) is 0 Å². The molecule has 0 spiro atoms. The number of unbranched alkanes of at least 4 members (excludes halogenated alkanes) is 5. The number of piperidine rings is 1. The summed E-state index contributed by atoms with van der Waals surface area (Å²) in [5.74, 6) is 2.34. The third-order valence-electron chi connectivity index (χ3n) is 8.25. The van der Waals surface area contributed by atoms with E-state index in [1.54, 1.807) is 0 Å². The number of hydrogen-bond donors (Lipinski definition) is 3. The first-order valence-electron chi connectivity index (χ1n) is 17.2. The van der Waals surface area contributed by atoms with Crippen molar-refractivity contribution in [1.82, 2.24) is 15.5 Å². The first kappa shape index (κ1) is 35.1. The molecule has 1 aliphatic rings. The summed E-state index contributed by atoms with van der Waals surface area (Å²) in [6, 6.07) is 25.8. The Kier molecular flexibility index (Phi) is 15.6. The largest absolute Gasteiger partial charge is 0.491 e. The molecule has 0 aromatic heterocycles. The van der Waals surface area contributed by atoms with E-state index in [1.165, 1.54) is 37.7 Å². The van der Waals surface area contributed by atoms with Crippen molar-refractivity contribution in [2.24, 2.45) is 0 Å². The number of hydrogen-bond acceptors (Lipinski definition) is 6. The number of ether oxygens (including phenoxy) is 3. The quantitative estimate of drug-likeness (QED) is 0.120. The molecule has 8 heteroatoms. The Hall–Kier alpha value is -3.75. The predicted molar refractivity (Wildman–Crippen MR) is 184 cm³/mol. The van der Waals surface area contributed by atoms with E-state index in [2.05, 4.69) is 29.7 Å². The summed E-state index contributed by atoms with van der Waals surface area (Å²) in [6.45, 7) is 6.38. The molecule has 3 N–H and O–H groups in total. The molecule has 1 atom stereocenters. The number of likely N-dealkylation sites (tertiary alicyclic amines) is 1. The maximum absolute atomic E-state index is 12.5. The summed E-state index contributed by atoms with van der Waals surface area (Å²) in [5.41, 5.74) is 2.32. The highest BCUT2D eigenvalue weighted by Crippen LogP contribution is 2.21. The Morgan fingerprint density at radius 3 is 2.17 bits per heavy atom. The molecule has 3 aromatic carbocycles. The number of aliphatic hydroxyl groups is 1. The van der Waals surface area contributed by atoms with E-state index >= 15 is 0 Å². The first-order valence-corrected chi connectivity index (χ1v) is 17.2. The fraction of sp³-hybridized carbons (Fsp3) is 0.500. The second-order valence-corrected chi connectivity index (χ2v) is 12.1. The second kappa shape index (κ2) is 20.4. The van der Waals surface area contributed by atoms with Crippen LogP contribution in [0.4, 0.5) is 4.79 Å². The van der Waals surface area contributed by atoms with Crippen molar-refractivity contribution in [1.29, 1.82) is 0 Å². The molecule has 1 saturated heterocycles. The third kappa shape index (κ3) is 13.3. The van der Waals surface area contributed by atoms with Gasteiger partial charge in [0.1, 0.15) is 42.7 Å². The highest BCUT2D eigenvalue weighted by Gasteiger charge is 2.23. The van der Waals surface area contributed by atoms with Gasteiger partial charge in [-0.3, -0.25) is 0 Å². The average Bonchev–Trinajstić information content (AvgIpc) is 3.10. The van der Waals surface area contributed by atoms with Gasteiger partial charge >= 0.3 is 6.03 Å². The fourth-order valence-corrected chi connectivity index (χ4v) is 5.44. The van der Waals surface area contributed by atoms with Crippen LogP contribution in [-0.2, 0) is 13.0 Å². The summed E-state index contributed by atoms with van der Waals surface area (Å²) in [4.78, 5) is 14.4. The van der Waals surface area contributed by atoms with Crippen molar-refractivity contribution in [2.75, 3.05) is 39.3 Å². The van der Waals surface area contributed by atoms with Crippen LogP contribution >= 0.6 is 0 Å². The zero-order valence-electron chi connectivity index (χ0n) is 27.5. The van der Waals surface area contributed by atoms with Gasteiger partial charge in [0.05, 0.1) is 0 Å². The van der Waals surface area contributed by atoms with Crippen LogP contribution in [0.25, 0.3) is 0 Å². The lowest BCUT2D eigenvalue weighted by Gasteiger charge is -2.32. The molecule has 0 saturated carbocycles. The lowest BCUT2D eigenvalue weighted by Crippen LogP contribution is -2.46. The highest BCUT2D eigenvalue weighted by molar-refractivity contribution is 5.74. The molecule has 250 valence electrons. The van der Waals surface area contributed by atoms with Gasteiger partial charge in [-0.05, 0) is 66.9 Å². The minimum Gasteiger partial charge on any atom is -0.491 e. The molecule has 0 aliphatic carbocycles. The summed E-state index contributed by atoms with van der Waals surface area (Å²) >= 11 is 0. The van der Waals surface area contributed by atoms with Gasteiger partial charge in [-0.25, -0.2) is 4.79 Å². The van der Waals surface area contributed by atoms with Gasteiger partial charge in [-0.1, -0.05) is 81.5 Å². The summed E-state index contributed by atoms with van der Waals surface area (Å²) in [7, 11) is 0. The maximum Gasteiger partial charge on any atom is 0.317 e. The molecule has 1 aliphatic heterocycles. The van der Waals surface area contributed by atoms with Gasteiger partial charge in [0.25, 0.3) is 0 Å². The van der Waals surface area contributed by atoms with Crippen LogP contribution in [0.15, 0.2) is 78.9 Å². The first-order chi connectivity index (χ1) is 22.6. The van der Waals surface area contributed by atoms with Crippen molar-refractivity contribution >= 4 is 6.03 Å². The van der Waals surface area contributed by atoms with E-state index in [-0.39, 0.29) is 18.7 Å². The number of benzene rings is 3. The normalized spacial score (nSPS) is 14.1. The van der Waals surface area contributed by atoms with E-state index in [4.69, 9.17) is 14.2 Å². The molecular formula is C38H53N3O5. The molecule has 0 unspecified atom stereocenters. The molecular weight excluding hydrogens is 578 g/mol. The number of urea groups is 1. The molecule has 0 bridgehead atoms. The Bertz CT molecular complexity index is 1230. The Morgan fingerprint density at radius 2 is 1.46 bits per heavy atom. The molecule has 0 radical (unpaired) electrons. The van der Waals surface area contributed by atoms with Crippen LogP contribution in [0.3, 0.4) is 0 Å². The number of carbonyl (C=O) groups excluding carboxylic acids is 1. The SMILES string of the molecule is CCCCCCCCNC(=O)N1CCC(Oc2ccc(CCNC[C@H](O)COc3ccc(OCc4ccccc4)cc3)cc2)CC1. The topological polar surface area (TPSA) is 92.3 Å². The van der Waals surface area contributed by atoms with Crippen molar-refractivity contribution in [3.63, 3.8) is 0 Å². The van der Waals surface area contributed by atoms with E-state index in [0.29, 0.717) is 18.9 Å². The lowest BCUT2D eigenvalue weighted by atomic mass is 10.1. The standard InChI is InChI=1S/C38H53N3O5/c1-2-3-4-5-6-10-24-40-38(43)41-26-22-37(23-27-41)46-36-15-13-31(14-16-36)21-25-39-28-33(42)30-45-35-19-17-34(18-20-35)44-29-32-11-8-7-9-12-32/h7-9,11-20,33,37,39,42H,2-6,10,21-30H2,1H3,(H,40,43)/t33-/m0/s1. The minimum atomic E-state index is -0.609. The van der Waals surface area contributed by atoms with E-state index in [9.17, 15) is 9.90 Å². The Morgan fingerprint density at radius 1 is 0.804 bits per heavy atom. The van der Waals surface area contributed by atoms with Crippen molar-refractivity contribution < 1.29 is 24.1 Å². The lowest BCUT2D eigenvalue weighted by molar-refractivity contribution is 0.106. The monoisotopic (exact) mass is 631 g/mol. The molecule has 8 nitrogen and oxygen atoms in total. The van der Waals surface area contributed by atoms with Gasteiger partial charge in [-0.15, -0.1) is 0 Å². The van der Waals surface area contributed by atoms with E-state index in [1.807, 2.05) is 71.6 Å². The summed E-state index contributed by atoms with van der Waals surface area (Å²) in [6.07, 6.45) is 9.42. The van der Waals surface area contributed by atoms with Gasteiger partial charge < -0.3 is 34.9 Å². The van der Waals surface area contributed by atoms with Crippen LogP contribution in [0.5, 0.6) is 17.2 Å². The van der Waals surface area contributed by atoms with Gasteiger partial charge in [0.15, 0.2) is 0 Å². The Labute approximate surface area is 275 Å². The van der Waals surface area contributed by atoms with E-state index < -0.39 is 6.10 Å². The number of rotatable bonds is 20. The van der Waals surface area contributed by atoms with Crippen molar-refractivity contribution in [3.05, 3.63) is 90.0 Å². The third-order valence-corrected chi connectivity index (χ3v) is 8.25. The molecule has 3 aromatic rings. The van der Waals surface area contributed by atoms with Crippen LogP contribution in [0.2, 0.25) is 0 Å². The zero-order chi connectivity index (χ0) is 32.2. The second-order valence-electron chi connectivity index (χ2n) is 12.1. The molecule has 1 heterocycles. The molecule has 2 amide bonds. The highest BCUT2D eigenvalue weighted by atomic mass is 16.5. The fourth-order valence-electron chi connectivity index (χ4n) is 5.44. The zero-order valence-corrected chi connectivity index (χ0v) is 27.5. The molecule has 1 fully saturated rings.